The number of piperidine rings is 1. The fourth-order valence-electron chi connectivity index (χ4n) is 2.47. The van der Waals surface area contributed by atoms with Crippen LogP contribution in [-0.4, -0.2) is 30.1 Å². The summed E-state index contributed by atoms with van der Waals surface area (Å²) in [6.45, 7) is 3.46. The summed E-state index contributed by atoms with van der Waals surface area (Å²) in [5.41, 5.74) is 6.32. The van der Waals surface area contributed by atoms with Gasteiger partial charge >= 0.3 is 6.03 Å². The molecule has 1 aliphatic heterocycles. The summed E-state index contributed by atoms with van der Waals surface area (Å²) >= 11 is 0. The first-order valence-corrected chi connectivity index (χ1v) is 6.62. The van der Waals surface area contributed by atoms with E-state index >= 15 is 0 Å². The van der Waals surface area contributed by atoms with Crippen LogP contribution in [0.1, 0.15) is 31.4 Å². The number of nitrogens with one attached hydrogen (secondary N) is 1. The van der Waals surface area contributed by atoms with Gasteiger partial charge in [-0.15, -0.1) is 0 Å². The first-order chi connectivity index (χ1) is 9.06. The van der Waals surface area contributed by atoms with Gasteiger partial charge in [-0.25, -0.2) is 9.18 Å². The molecule has 1 saturated heterocycles. The zero-order valence-electron chi connectivity index (χ0n) is 11.1. The van der Waals surface area contributed by atoms with Gasteiger partial charge in [0, 0.05) is 25.2 Å². The lowest BCUT2D eigenvalue weighted by Gasteiger charge is -2.33. The number of nitrogens with two attached hydrogens (primary N) is 1. The van der Waals surface area contributed by atoms with Gasteiger partial charge in [0.15, 0.2) is 0 Å². The fraction of sp³-hybridized carbons (Fsp3) is 0.500. The van der Waals surface area contributed by atoms with Crippen LogP contribution in [0, 0.1) is 5.82 Å². The molecule has 0 saturated carbocycles. The summed E-state index contributed by atoms with van der Waals surface area (Å²) < 4.78 is 12.9. The second kappa shape index (κ2) is 6.02. The smallest absolute Gasteiger partial charge is 0.314 e. The van der Waals surface area contributed by atoms with E-state index in [4.69, 9.17) is 5.73 Å². The number of nitrogens with zero attached hydrogens (tertiary/aromatic N) is 1. The van der Waals surface area contributed by atoms with Crippen molar-refractivity contribution in [2.45, 2.75) is 31.8 Å². The second-order valence-corrected chi connectivity index (χ2v) is 5.04. The molecule has 1 heterocycles. The van der Waals surface area contributed by atoms with E-state index < -0.39 is 0 Å². The van der Waals surface area contributed by atoms with Crippen LogP contribution in [0.25, 0.3) is 0 Å². The number of carbonyl (C=O) groups is 1. The standard InChI is InChI=1S/C14H20FN3O/c1-10(11-2-4-12(15)5-3-11)17-13-6-8-18(9-7-13)14(16)19/h2-5,10,13,17H,6-9H2,1H3,(H2,16,19)/t10-/m0/s1. The number of hydrogen-bond donors (Lipinski definition) is 2. The SMILES string of the molecule is C[C@H](NC1CCN(C(N)=O)CC1)c1ccc(F)cc1. The van der Waals surface area contributed by atoms with Gasteiger partial charge in [0.25, 0.3) is 0 Å². The molecule has 0 bridgehead atoms. The van der Waals surface area contributed by atoms with Gasteiger partial charge in [-0.2, -0.15) is 0 Å². The summed E-state index contributed by atoms with van der Waals surface area (Å²) in [5, 5.41) is 3.51. The predicted molar refractivity (Wildman–Crippen MR) is 72.1 cm³/mol. The van der Waals surface area contributed by atoms with Crippen molar-refractivity contribution in [2.24, 2.45) is 5.73 Å². The summed E-state index contributed by atoms with van der Waals surface area (Å²) in [4.78, 5) is 12.7. The lowest BCUT2D eigenvalue weighted by Crippen LogP contribution is -2.47. The monoisotopic (exact) mass is 265 g/mol. The number of primary amides is 1. The van der Waals surface area contributed by atoms with Crippen LogP contribution in [0.3, 0.4) is 0 Å². The molecular formula is C14H20FN3O. The molecule has 0 aliphatic carbocycles. The van der Waals surface area contributed by atoms with Crippen molar-refractivity contribution >= 4 is 6.03 Å². The molecule has 4 nitrogen and oxygen atoms in total. The van der Waals surface area contributed by atoms with E-state index in [2.05, 4.69) is 12.2 Å². The highest BCUT2D eigenvalue weighted by atomic mass is 19.1. The Kier molecular flexibility index (Phi) is 4.37. The Hall–Kier alpha value is -1.62. The molecule has 0 spiro atoms. The Bertz CT molecular complexity index is 427. The molecule has 104 valence electrons. The van der Waals surface area contributed by atoms with Gasteiger partial charge in [0.2, 0.25) is 0 Å². The van der Waals surface area contributed by atoms with Crippen molar-refractivity contribution in [2.75, 3.05) is 13.1 Å². The maximum absolute atomic E-state index is 12.9. The molecule has 1 aliphatic rings. The fourth-order valence-corrected chi connectivity index (χ4v) is 2.47. The minimum absolute atomic E-state index is 0.172. The van der Waals surface area contributed by atoms with Crippen LogP contribution in [0.5, 0.6) is 0 Å². The third kappa shape index (κ3) is 3.67. The first-order valence-electron chi connectivity index (χ1n) is 6.62. The van der Waals surface area contributed by atoms with Gasteiger partial charge in [-0.3, -0.25) is 0 Å². The zero-order valence-corrected chi connectivity index (χ0v) is 11.1. The van der Waals surface area contributed by atoms with Crippen molar-refractivity contribution in [1.29, 1.82) is 0 Å². The molecule has 19 heavy (non-hydrogen) atoms. The van der Waals surface area contributed by atoms with Crippen molar-refractivity contribution in [1.82, 2.24) is 10.2 Å². The zero-order chi connectivity index (χ0) is 13.8. The first kappa shape index (κ1) is 13.8. The second-order valence-electron chi connectivity index (χ2n) is 5.04. The molecule has 2 rings (SSSR count). The highest BCUT2D eigenvalue weighted by Crippen LogP contribution is 2.17. The predicted octanol–water partition coefficient (Wildman–Crippen LogP) is 2.02. The van der Waals surface area contributed by atoms with Crippen LogP contribution < -0.4 is 11.1 Å². The Morgan fingerprint density at radius 2 is 1.95 bits per heavy atom. The normalized spacial score (nSPS) is 18.3. The summed E-state index contributed by atoms with van der Waals surface area (Å²) in [6, 6.07) is 6.75. The highest BCUT2D eigenvalue weighted by molar-refractivity contribution is 5.72. The van der Waals surface area contributed by atoms with E-state index in [1.165, 1.54) is 12.1 Å². The molecule has 0 unspecified atom stereocenters. The molecule has 0 aromatic heterocycles. The summed E-state index contributed by atoms with van der Waals surface area (Å²) in [7, 11) is 0. The Morgan fingerprint density at radius 1 is 1.37 bits per heavy atom. The molecule has 5 heteroatoms. The minimum atomic E-state index is -0.343. The number of carbonyl (C=O) groups excluding carboxylic acids is 1. The van der Waals surface area contributed by atoms with E-state index in [0.717, 1.165) is 18.4 Å². The van der Waals surface area contributed by atoms with E-state index in [-0.39, 0.29) is 17.9 Å². The third-order valence-electron chi connectivity index (χ3n) is 3.66. The molecule has 1 aromatic rings. The van der Waals surface area contributed by atoms with Gasteiger partial charge in [0.1, 0.15) is 5.82 Å². The van der Waals surface area contributed by atoms with Gasteiger partial charge in [0.05, 0.1) is 0 Å². The number of urea groups is 1. The number of likely N-dealkylation sites (tertiary alicyclic amines) is 1. The average Bonchev–Trinajstić information content (AvgIpc) is 2.40. The lowest BCUT2D eigenvalue weighted by atomic mass is 10.0. The van der Waals surface area contributed by atoms with Crippen molar-refractivity contribution in [3.8, 4) is 0 Å². The van der Waals surface area contributed by atoms with Crippen LogP contribution in [-0.2, 0) is 0 Å². The highest BCUT2D eigenvalue weighted by Gasteiger charge is 2.22. The minimum Gasteiger partial charge on any atom is -0.351 e. The Morgan fingerprint density at radius 3 is 2.47 bits per heavy atom. The number of amides is 2. The Labute approximate surface area is 112 Å². The van der Waals surface area contributed by atoms with Crippen LogP contribution >= 0.6 is 0 Å². The van der Waals surface area contributed by atoms with E-state index in [1.807, 2.05) is 0 Å². The van der Waals surface area contributed by atoms with E-state index in [9.17, 15) is 9.18 Å². The quantitative estimate of drug-likeness (QED) is 0.878. The molecule has 1 fully saturated rings. The maximum Gasteiger partial charge on any atom is 0.314 e. The van der Waals surface area contributed by atoms with Crippen molar-refractivity contribution in [3.05, 3.63) is 35.6 Å². The van der Waals surface area contributed by atoms with Crippen LogP contribution in [0.2, 0.25) is 0 Å². The van der Waals surface area contributed by atoms with E-state index in [0.29, 0.717) is 19.1 Å². The van der Waals surface area contributed by atoms with E-state index in [1.54, 1.807) is 17.0 Å². The Balaban J connectivity index is 1.85. The number of benzene rings is 1. The van der Waals surface area contributed by atoms with Crippen molar-refractivity contribution < 1.29 is 9.18 Å². The molecular weight excluding hydrogens is 245 g/mol. The largest absolute Gasteiger partial charge is 0.351 e. The summed E-state index contributed by atoms with van der Waals surface area (Å²) in [6.07, 6.45) is 1.79. The van der Waals surface area contributed by atoms with Crippen LogP contribution in [0.4, 0.5) is 9.18 Å². The maximum atomic E-state index is 12.9. The van der Waals surface area contributed by atoms with Crippen LogP contribution in [0.15, 0.2) is 24.3 Å². The lowest BCUT2D eigenvalue weighted by molar-refractivity contribution is 0.183. The van der Waals surface area contributed by atoms with Crippen molar-refractivity contribution in [3.63, 3.8) is 0 Å². The van der Waals surface area contributed by atoms with Gasteiger partial charge < -0.3 is 16.0 Å². The number of halogens is 1. The van der Waals surface area contributed by atoms with Gasteiger partial charge in [-0.05, 0) is 37.5 Å². The third-order valence-corrected chi connectivity index (χ3v) is 3.66. The average molecular weight is 265 g/mol. The molecule has 0 radical (unpaired) electrons. The number of hydrogen-bond acceptors (Lipinski definition) is 2. The van der Waals surface area contributed by atoms with Gasteiger partial charge in [-0.1, -0.05) is 12.1 Å². The molecule has 1 aromatic carbocycles. The molecule has 1 atom stereocenters. The molecule has 2 amide bonds. The summed E-state index contributed by atoms with van der Waals surface area (Å²) in [5.74, 6) is -0.217. The topological polar surface area (TPSA) is 58.4 Å². The molecule has 3 N–H and O–H groups in total. The number of rotatable bonds is 3.